The van der Waals surface area contributed by atoms with Gasteiger partial charge < -0.3 is 9.64 Å². The molecule has 0 saturated heterocycles. The van der Waals surface area contributed by atoms with Crippen molar-refractivity contribution in [2.45, 2.75) is 13.8 Å². The van der Waals surface area contributed by atoms with Gasteiger partial charge in [0, 0.05) is 12.6 Å². The summed E-state index contributed by atoms with van der Waals surface area (Å²) >= 11 is 0. The number of likely N-dealkylation sites (N-methyl/N-ethyl adjacent to an activating group) is 1. The number of esters is 1. The van der Waals surface area contributed by atoms with Crippen LogP contribution in [-0.2, 0) is 9.53 Å². The Balaban J connectivity index is 2.63. The molecule has 0 saturated carbocycles. The van der Waals surface area contributed by atoms with Crippen LogP contribution in [0, 0.1) is 6.92 Å². The molecule has 0 fully saturated rings. The predicted octanol–water partition coefficient (Wildman–Crippen LogP) is 1.63. The van der Waals surface area contributed by atoms with E-state index < -0.39 is 5.97 Å². The summed E-state index contributed by atoms with van der Waals surface area (Å²) in [5.74, 6) is -0.575. The molecular weight excluding hydrogens is 218 g/mol. The first-order valence-electron chi connectivity index (χ1n) is 5.52. The first-order valence-corrected chi connectivity index (χ1v) is 5.52. The fraction of sp³-hybridized carbons (Fsp3) is 0.385. The van der Waals surface area contributed by atoms with Crippen molar-refractivity contribution in [1.82, 2.24) is 4.90 Å². The summed E-state index contributed by atoms with van der Waals surface area (Å²) in [6.07, 6.45) is 0. The summed E-state index contributed by atoms with van der Waals surface area (Å²) in [5, 5.41) is 0. The first kappa shape index (κ1) is 13.2. The van der Waals surface area contributed by atoms with Crippen LogP contribution in [-0.4, -0.2) is 37.0 Å². The number of rotatable bonds is 4. The molecule has 0 atom stereocenters. The highest BCUT2D eigenvalue weighted by Crippen LogP contribution is 2.06. The molecule has 0 N–H and O–H groups in total. The Labute approximate surface area is 101 Å². The van der Waals surface area contributed by atoms with Gasteiger partial charge in [-0.05, 0) is 26.0 Å². The minimum Gasteiger partial charge on any atom is -0.465 e. The van der Waals surface area contributed by atoms with Gasteiger partial charge >= 0.3 is 5.97 Å². The molecule has 4 heteroatoms. The van der Waals surface area contributed by atoms with Crippen LogP contribution in [0.5, 0.6) is 0 Å². The lowest BCUT2D eigenvalue weighted by Gasteiger charge is -2.16. The Morgan fingerprint density at radius 2 is 1.82 bits per heavy atom. The van der Waals surface area contributed by atoms with Crippen LogP contribution in [0.4, 0.5) is 0 Å². The molecule has 17 heavy (non-hydrogen) atoms. The minimum atomic E-state index is -0.393. The zero-order valence-corrected chi connectivity index (χ0v) is 10.4. The van der Waals surface area contributed by atoms with E-state index in [-0.39, 0.29) is 12.5 Å². The van der Waals surface area contributed by atoms with Crippen molar-refractivity contribution in [2.24, 2.45) is 0 Å². The third-order valence-corrected chi connectivity index (χ3v) is 2.32. The molecule has 1 aromatic rings. The van der Waals surface area contributed by atoms with Gasteiger partial charge in [0.15, 0.2) is 0 Å². The second kappa shape index (κ2) is 6.03. The Hall–Kier alpha value is -1.84. The van der Waals surface area contributed by atoms with Crippen molar-refractivity contribution in [3.8, 4) is 0 Å². The lowest BCUT2D eigenvalue weighted by Crippen LogP contribution is -2.33. The summed E-state index contributed by atoms with van der Waals surface area (Å²) < 4.78 is 4.78. The topological polar surface area (TPSA) is 46.6 Å². The molecule has 0 spiro atoms. The third kappa shape index (κ3) is 3.90. The molecule has 1 aromatic carbocycles. The van der Waals surface area contributed by atoms with Crippen molar-refractivity contribution >= 4 is 11.9 Å². The van der Waals surface area contributed by atoms with Gasteiger partial charge in [-0.15, -0.1) is 0 Å². The van der Waals surface area contributed by atoms with E-state index in [9.17, 15) is 9.59 Å². The monoisotopic (exact) mass is 235 g/mol. The number of benzene rings is 1. The SMILES string of the molecule is CCOC(=O)CN(C)C(=O)c1ccc(C)cc1. The number of hydrogen-bond acceptors (Lipinski definition) is 3. The second-order valence-corrected chi connectivity index (χ2v) is 3.83. The molecule has 0 aliphatic heterocycles. The maximum atomic E-state index is 11.9. The zero-order chi connectivity index (χ0) is 12.8. The lowest BCUT2D eigenvalue weighted by atomic mass is 10.1. The van der Waals surface area contributed by atoms with Crippen LogP contribution in [0.1, 0.15) is 22.8 Å². The molecule has 0 heterocycles. The fourth-order valence-electron chi connectivity index (χ4n) is 1.39. The van der Waals surface area contributed by atoms with E-state index in [0.717, 1.165) is 5.56 Å². The average Bonchev–Trinajstić information content (AvgIpc) is 2.29. The second-order valence-electron chi connectivity index (χ2n) is 3.83. The molecule has 0 unspecified atom stereocenters. The number of carbonyl (C=O) groups excluding carboxylic acids is 2. The summed E-state index contributed by atoms with van der Waals surface area (Å²) in [6.45, 7) is 3.99. The lowest BCUT2D eigenvalue weighted by molar-refractivity contribution is -0.143. The normalized spacial score (nSPS) is 9.82. The molecule has 0 aromatic heterocycles. The Bertz CT molecular complexity index is 398. The molecular formula is C13H17NO3. The summed E-state index contributed by atoms with van der Waals surface area (Å²) in [5.41, 5.74) is 1.66. The molecule has 0 bridgehead atoms. The van der Waals surface area contributed by atoms with Crippen molar-refractivity contribution in [3.63, 3.8) is 0 Å². The maximum Gasteiger partial charge on any atom is 0.325 e. The van der Waals surface area contributed by atoms with Gasteiger partial charge in [0.1, 0.15) is 6.54 Å². The fourth-order valence-corrected chi connectivity index (χ4v) is 1.39. The van der Waals surface area contributed by atoms with Crippen molar-refractivity contribution in [2.75, 3.05) is 20.2 Å². The van der Waals surface area contributed by atoms with E-state index in [1.165, 1.54) is 4.90 Å². The Morgan fingerprint density at radius 1 is 1.24 bits per heavy atom. The average molecular weight is 235 g/mol. The molecule has 1 amide bonds. The number of amides is 1. The number of ether oxygens (including phenoxy) is 1. The maximum absolute atomic E-state index is 11.9. The van der Waals surface area contributed by atoms with Gasteiger partial charge in [0.05, 0.1) is 6.61 Å². The summed E-state index contributed by atoms with van der Waals surface area (Å²) in [4.78, 5) is 24.5. The standard InChI is InChI=1S/C13H17NO3/c1-4-17-12(15)9-14(3)13(16)11-7-5-10(2)6-8-11/h5-8H,4,9H2,1-3H3. The van der Waals surface area contributed by atoms with Gasteiger partial charge in [-0.1, -0.05) is 17.7 Å². The van der Waals surface area contributed by atoms with Crippen LogP contribution < -0.4 is 0 Å². The van der Waals surface area contributed by atoms with Crippen LogP contribution in [0.25, 0.3) is 0 Å². The highest BCUT2D eigenvalue weighted by molar-refractivity contribution is 5.95. The largest absolute Gasteiger partial charge is 0.465 e. The van der Waals surface area contributed by atoms with E-state index in [4.69, 9.17) is 4.74 Å². The van der Waals surface area contributed by atoms with Crippen molar-refractivity contribution < 1.29 is 14.3 Å². The van der Waals surface area contributed by atoms with E-state index in [1.807, 2.05) is 19.1 Å². The van der Waals surface area contributed by atoms with Gasteiger partial charge in [0.25, 0.3) is 5.91 Å². The van der Waals surface area contributed by atoms with Crippen molar-refractivity contribution in [3.05, 3.63) is 35.4 Å². The molecule has 4 nitrogen and oxygen atoms in total. The quantitative estimate of drug-likeness (QED) is 0.745. The minimum absolute atomic E-state index is 0.0272. The van der Waals surface area contributed by atoms with Gasteiger partial charge in [0.2, 0.25) is 0 Å². The highest BCUT2D eigenvalue weighted by atomic mass is 16.5. The predicted molar refractivity (Wildman–Crippen MR) is 64.8 cm³/mol. The van der Waals surface area contributed by atoms with E-state index in [1.54, 1.807) is 26.1 Å². The number of aryl methyl sites for hydroxylation is 1. The first-order chi connectivity index (χ1) is 8.04. The third-order valence-electron chi connectivity index (χ3n) is 2.32. The molecule has 0 aliphatic carbocycles. The number of hydrogen-bond donors (Lipinski definition) is 0. The van der Waals surface area contributed by atoms with E-state index in [2.05, 4.69) is 0 Å². The summed E-state index contributed by atoms with van der Waals surface area (Å²) in [7, 11) is 1.58. The molecule has 0 aliphatic rings. The Morgan fingerprint density at radius 3 is 2.35 bits per heavy atom. The van der Waals surface area contributed by atoms with Gasteiger partial charge in [-0.2, -0.15) is 0 Å². The highest BCUT2D eigenvalue weighted by Gasteiger charge is 2.14. The number of nitrogens with zero attached hydrogens (tertiary/aromatic N) is 1. The zero-order valence-electron chi connectivity index (χ0n) is 10.4. The van der Waals surface area contributed by atoms with Crippen molar-refractivity contribution in [1.29, 1.82) is 0 Å². The van der Waals surface area contributed by atoms with E-state index >= 15 is 0 Å². The smallest absolute Gasteiger partial charge is 0.325 e. The van der Waals surface area contributed by atoms with E-state index in [0.29, 0.717) is 12.2 Å². The van der Waals surface area contributed by atoms with Crippen LogP contribution in [0.2, 0.25) is 0 Å². The Kier molecular flexibility index (Phi) is 4.69. The molecule has 92 valence electrons. The van der Waals surface area contributed by atoms with Crippen LogP contribution in [0.15, 0.2) is 24.3 Å². The van der Waals surface area contributed by atoms with Crippen LogP contribution >= 0.6 is 0 Å². The molecule has 1 rings (SSSR count). The van der Waals surface area contributed by atoms with Gasteiger partial charge in [-0.25, -0.2) is 0 Å². The summed E-state index contributed by atoms with van der Waals surface area (Å²) in [6, 6.07) is 7.23. The molecule has 0 radical (unpaired) electrons. The van der Waals surface area contributed by atoms with Gasteiger partial charge in [-0.3, -0.25) is 9.59 Å². The van der Waals surface area contributed by atoms with Crippen LogP contribution in [0.3, 0.4) is 0 Å². The number of carbonyl (C=O) groups is 2.